The second-order valence-electron chi connectivity index (χ2n) is 4.34. The first-order chi connectivity index (χ1) is 10.0. The van der Waals surface area contributed by atoms with Crippen LogP contribution in [0.1, 0.15) is 10.4 Å². The van der Waals surface area contributed by atoms with E-state index in [1.54, 1.807) is 0 Å². The van der Waals surface area contributed by atoms with E-state index in [1.165, 1.54) is 0 Å². The molecule has 0 unspecified atom stereocenters. The molecular formula is C14H10FN3O2S. The van der Waals surface area contributed by atoms with E-state index in [0.29, 0.717) is 10.1 Å². The van der Waals surface area contributed by atoms with Crippen molar-refractivity contribution in [3.63, 3.8) is 0 Å². The third kappa shape index (κ3) is 2.55. The van der Waals surface area contributed by atoms with Crippen LogP contribution in [0.5, 0.6) is 0 Å². The number of benzene rings is 2. The Labute approximate surface area is 123 Å². The van der Waals surface area contributed by atoms with Crippen LogP contribution < -0.4 is 5.73 Å². The third-order valence-corrected chi connectivity index (χ3v) is 3.86. The highest BCUT2D eigenvalue weighted by Gasteiger charge is 2.15. The van der Waals surface area contributed by atoms with Gasteiger partial charge >= 0.3 is 5.97 Å². The van der Waals surface area contributed by atoms with Crippen molar-refractivity contribution in [1.82, 2.24) is 9.97 Å². The van der Waals surface area contributed by atoms with Crippen LogP contribution in [0.25, 0.3) is 11.0 Å². The number of para-hydroxylation sites is 2. The molecule has 0 saturated heterocycles. The van der Waals surface area contributed by atoms with Gasteiger partial charge in [0.15, 0.2) is 5.16 Å². The number of aromatic amines is 1. The molecule has 0 aliphatic heterocycles. The quantitative estimate of drug-likeness (QED) is 0.646. The average Bonchev–Trinajstić information content (AvgIpc) is 2.84. The lowest BCUT2D eigenvalue weighted by Gasteiger charge is -2.05. The minimum Gasteiger partial charge on any atom is -0.478 e. The molecule has 0 bridgehead atoms. The molecule has 3 rings (SSSR count). The Balaban J connectivity index is 1.97. The van der Waals surface area contributed by atoms with Crippen molar-refractivity contribution in [1.29, 1.82) is 0 Å². The van der Waals surface area contributed by atoms with E-state index >= 15 is 0 Å². The number of nitrogen functional groups attached to an aromatic ring is 1. The monoisotopic (exact) mass is 303 g/mol. The highest BCUT2D eigenvalue weighted by Crippen LogP contribution is 2.33. The van der Waals surface area contributed by atoms with Gasteiger partial charge < -0.3 is 15.8 Å². The SMILES string of the molecule is Nc1cc(C(=O)O)c(F)cc1Sc1nc2ccccc2[nH]1. The fourth-order valence-electron chi connectivity index (χ4n) is 1.91. The number of hydrogen-bond acceptors (Lipinski definition) is 4. The molecule has 106 valence electrons. The Hall–Kier alpha value is -2.54. The van der Waals surface area contributed by atoms with Crippen LogP contribution in [-0.4, -0.2) is 21.0 Å². The molecule has 2 aromatic carbocycles. The molecule has 0 spiro atoms. The summed E-state index contributed by atoms with van der Waals surface area (Å²) in [5, 5.41) is 9.41. The summed E-state index contributed by atoms with van der Waals surface area (Å²) in [5.74, 6) is -2.17. The van der Waals surface area contributed by atoms with Gasteiger partial charge in [0, 0.05) is 10.6 Å². The van der Waals surface area contributed by atoms with Crippen LogP contribution in [0.4, 0.5) is 10.1 Å². The Morgan fingerprint density at radius 1 is 1.33 bits per heavy atom. The van der Waals surface area contributed by atoms with Gasteiger partial charge in [0.1, 0.15) is 5.82 Å². The highest BCUT2D eigenvalue weighted by molar-refractivity contribution is 7.99. The van der Waals surface area contributed by atoms with Crippen molar-refractivity contribution in [2.45, 2.75) is 10.1 Å². The Morgan fingerprint density at radius 3 is 2.81 bits per heavy atom. The lowest BCUT2D eigenvalue weighted by atomic mass is 10.2. The highest BCUT2D eigenvalue weighted by atomic mass is 32.2. The van der Waals surface area contributed by atoms with Crippen LogP contribution in [0.2, 0.25) is 0 Å². The lowest BCUT2D eigenvalue weighted by Crippen LogP contribution is -2.03. The molecule has 7 heteroatoms. The predicted octanol–water partition coefficient (Wildman–Crippen LogP) is 3.13. The topological polar surface area (TPSA) is 92.0 Å². The van der Waals surface area contributed by atoms with Crippen LogP contribution in [0.3, 0.4) is 0 Å². The maximum absolute atomic E-state index is 13.7. The Bertz CT molecular complexity index is 814. The molecule has 0 fully saturated rings. The van der Waals surface area contributed by atoms with Gasteiger partial charge in [-0.2, -0.15) is 0 Å². The zero-order valence-electron chi connectivity index (χ0n) is 10.6. The number of anilines is 1. The number of aromatic carboxylic acids is 1. The number of nitrogens with one attached hydrogen (secondary N) is 1. The molecule has 0 amide bonds. The maximum atomic E-state index is 13.7. The van der Waals surface area contributed by atoms with Crippen molar-refractivity contribution in [2.24, 2.45) is 0 Å². The van der Waals surface area contributed by atoms with Gasteiger partial charge in [0.25, 0.3) is 0 Å². The van der Waals surface area contributed by atoms with Crippen molar-refractivity contribution in [3.05, 3.63) is 47.8 Å². The standard InChI is InChI=1S/C14H10FN3O2S/c15-8-6-12(9(16)5-7(8)13(19)20)21-14-17-10-3-1-2-4-11(10)18-14/h1-6H,16H2,(H,17,18)(H,19,20). The van der Waals surface area contributed by atoms with Gasteiger partial charge in [-0.1, -0.05) is 12.1 Å². The molecule has 0 atom stereocenters. The smallest absolute Gasteiger partial charge is 0.338 e. The van der Waals surface area contributed by atoms with E-state index in [0.717, 1.165) is 34.9 Å². The fraction of sp³-hybridized carbons (Fsp3) is 0. The summed E-state index contributed by atoms with van der Waals surface area (Å²) < 4.78 is 13.7. The summed E-state index contributed by atoms with van der Waals surface area (Å²) >= 11 is 1.15. The number of hydrogen-bond donors (Lipinski definition) is 3. The fourth-order valence-corrected chi connectivity index (χ4v) is 2.76. The van der Waals surface area contributed by atoms with Crippen LogP contribution in [0.15, 0.2) is 46.5 Å². The number of halogens is 1. The second-order valence-corrected chi connectivity index (χ2v) is 5.37. The molecule has 0 aliphatic rings. The first-order valence-corrected chi connectivity index (χ1v) is 6.81. The predicted molar refractivity (Wildman–Crippen MR) is 78.0 cm³/mol. The van der Waals surface area contributed by atoms with Gasteiger partial charge in [-0.05, 0) is 36.0 Å². The molecule has 1 heterocycles. The van der Waals surface area contributed by atoms with E-state index in [4.69, 9.17) is 10.8 Å². The van der Waals surface area contributed by atoms with E-state index in [2.05, 4.69) is 9.97 Å². The van der Waals surface area contributed by atoms with Gasteiger partial charge in [-0.15, -0.1) is 0 Å². The zero-order chi connectivity index (χ0) is 15.0. The molecule has 0 saturated carbocycles. The van der Waals surface area contributed by atoms with Gasteiger partial charge in [-0.3, -0.25) is 0 Å². The van der Waals surface area contributed by atoms with Crippen molar-refractivity contribution in [2.75, 3.05) is 5.73 Å². The minimum absolute atomic E-state index is 0.194. The average molecular weight is 303 g/mol. The number of nitrogens with zero attached hydrogens (tertiary/aromatic N) is 1. The molecule has 0 radical (unpaired) electrons. The number of fused-ring (bicyclic) bond motifs is 1. The number of carboxylic acids is 1. The number of imidazole rings is 1. The van der Waals surface area contributed by atoms with Crippen LogP contribution in [0, 0.1) is 5.82 Å². The molecular weight excluding hydrogens is 293 g/mol. The summed E-state index contributed by atoms with van der Waals surface area (Å²) in [6.07, 6.45) is 0. The van der Waals surface area contributed by atoms with Gasteiger partial charge in [0.05, 0.1) is 16.6 Å². The van der Waals surface area contributed by atoms with E-state index in [-0.39, 0.29) is 5.69 Å². The number of aromatic nitrogens is 2. The first-order valence-electron chi connectivity index (χ1n) is 5.99. The van der Waals surface area contributed by atoms with Gasteiger partial charge in [-0.25, -0.2) is 14.2 Å². The summed E-state index contributed by atoms with van der Waals surface area (Å²) in [6, 6.07) is 9.70. The van der Waals surface area contributed by atoms with Gasteiger partial charge in [0.2, 0.25) is 0 Å². The van der Waals surface area contributed by atoms with E-state index in [9.17, 15) is 9.18 Å². The van der Waals surface area contributed by atoms with Crippen molar-refractivity contribution in [3.8, 4) is 0 Å². The number of rotatable bonds is 3. The maximum Gasteiger partial charge on any atom is 0.338 e. The number of carboxylic acid groups (broad SMARTS) is 1. The second kappa shape index (κ2) is 5.10. The van der Waals surface area contributed by atoms with Crippen LogP contribution >= 0.6 is 11.8 Å². The van der Waals surface area contributed by atoms with E-state index in [1.807, 2.05) is 24.3 Å². The largest absolute Gasteiger partial charge is 0.478 e. The third-order valence-electron chi connectivity index (χ3n) is 2.90. The van der Waals surface area contributed by atoms with Crippen molar-refractivity contribution < 1.29 is 14.3 Å². The van der Waals surface area contributed by atoms with E-state index < -0.39 is 17.3 Å². The molecule has 21 heavy (non-hydrogen) atoms. The molecule has 3 aromatic rings. The Kier molecular flexibility index (Phi) is 3.26. The number of H-pyrrole nitrogens is 1. The summed E-state index contributed by atoms with van der Waals surface area (Å²) in [5.41, 5.74) is 7.18. The first kappa shape index (κ1) is 13.4. The molecule has 1 aromatic heterocycles. The summed E-state index contributed by atoms with van der Waals surface area (Å²) in [6.45, 7) is 0. The summed E-state index contributed by atoms with van der Waals surface area (Å²) in [4.78, 5) is 18.7. The Morgan fingerprint density at radius 2 is 2.10 bits per heavy atom. The normalized spacial score (nSPS) is 10.9. The minimum atomic E-state index is -1.35. The molecule has 0 aliphatic carbocycles. The molecule has 5 nitrogen and oxygen atoms in total. The van der Waals surface area contributed by atoms with Crippen molar-refractivity contribution >= 4 is 34.5 Å². The molecule has 4 N–H and O–H groups in total. The lowest BCUT2D eigenvalue weighted by molar-refractivity contribution is 0.0692. The number of nitrogens with two attached hydrogens (primary N) is 1. The zero-order valence-corrected chi connectivity index (χ0v) is 11.4. The van der Waals surface area contributed by atoms with Crippen LogP contribution in [-0.2, 0) is 0 Å². The number of carbonyl (C=O) groups is 1. The summed E-state index contributed by atoms with van der Waals surface area (Å²) in [7, 11) is 0.